The molecule has 2 aromatic carbocycles. The molecule has 0 saturated heterocycles. The van der Waals surface area contributed by atoms with E-state index < -0.39 is 11.8 Å². The van der Waals surface area contributed by atoms with E-state index in [1.54, 1.807) is 6.07 Å². The van der Waals surface area contributed by atoms with Crippen LogP contribution in [0.1, 0.15) is 56.6 Å². The molecule has 0 radical (unpaired) electrons. The van der Waals surface area contributed by atoms with E-state index in [-0.39, 0.29) is 23.6 Å². The van der Waals surface area contributed by atoms with Crippen molar-refractivity contribution in [3.8, 4) is 0 Å². The molecule has 0 N–H and O–H groups in total. The molecule has 1 aliphatic carbocycles. The van der Waals surface area contributed by atoms with Crippen molar-refractivity contribution in [2.45, 2.75) is 45.4 Å². The summed E-state index contributed by atoms with van der Waals surface area (Å²) in [5.41, 5.74) is 4.08. The van der Waals surface area contributed by atoms with Crippen molar-refractivity contribution in [1.29, 1.82) is 0 Å². The van der Waals surface area contributed by atoms with Crippen LogP contribution in [-0.2, 0) is 14.3 Å². The van der Waals surface area contributed by atoms with Crippen LogP contribution in [0.3, 0.4) is 0 Å². The third-order valence-corrected chi connectivity index (χ3v) is 6.42. The summed E-state index contributed by atoms with van der Waals surface area (Å²) in [7, 11) is 0. The molecule has 4 rings (SSSR count). The van der Waals surface area contributed by atoms with Crippen molar-refractivity contribution in [2.75, 3.05) is 6.61 Å². The molecule has 3 unspecified atom stereocenters. The van der Waals surface area contributed by atoms with Crippen molar-refractivity contribution >= 4 is 29.1 Å². The Bertz CT molecular complexity index is 1090. The normalized spacial score (nSPS) is 23.1. The quantitative estimate of drug-likeness (QED) is 0.517. The number of ketones is 1. The van der Waals surface area contributed by atoms with E-state index in [0.717, 1.165) is 16.8 Å². The van der Waals surface area contributed by atoms with Gasteiger partial charge in [-0.05, 0) is 48.4 Å². The molecule has 5 heteroatoms. The molecule has 166 valence electrons. The molecule has 0 aromatic heterocycles. The van der Waals surface area contributed by atoms with Crippen LogP contribution in [0.5, 0.6) is 0 Å². The summed E-state index contributed by atoms with van der Waals surface area (Å²) in [6, 6.07) is 17.5. The van der Waals surface area contributed by atoms with Crippen LogP contribution in [0.15, 0.2) is 70.9 Å². The molecular formula is C27H28ClNO3. The minimum absolute atomic E-state index is 0.0444. The standard InChI is InChI=1S/C27H28ClNO3/c1-16(2)15-32-27(31)24-17(3)29-22-13-20(18-8-5-4-6-9-18)14-23(30)26(22)25(24)19-10-7-11-21(28)12-19/h4-12,16,20,24-25H,13-15H2,1-3H3. The number of hydrogen-bond donors (Lipinski definition) is 0. The van der Waals surface area contributed by atoms with Crippen molar-refractivity contribution in [3.05, 3.63) is 82.0 Å². The highest BCUT2D eigenvalue weighted by Gasteiger charge is 2.44. The zero-order valence-electron chi connectivity index (χ0n) is 18.7. The number of aliphatic imine (C=N–C) groups is 1. The van der Waals surface area contributed by atoms with Crippen molar-refractivity contribution in [1.82, 2.24) is 0 Å². The lowest BCUT2D eigenvalue weighted by Crippen LogP contribution is -2.38. The first-order chi connectivity index (χ1) is 15.3. The third-order valence-electron chi connectivity index (χ3n) is 6.18. The largest absolute Gasteiger partial charge is 0.465 e. The molecule has 0 amide bonds. The number of esters is 1. The molecule has 0 bridgehead atoms. The molecule has 1 heterocycles. The van der Waals surface area contributed by atoms with Gasteiger partial charge >= 0.3 is 5.97 Å². The van der Waals surface area contributed by atoms with Gasteiger partial charge in [-0.15, -0.1) is 0 Å². The Labute approximate surface area is 194 Å². The van der Waals surface area contributed by atoms with Gasteiger partial charge in [-0.3, -0.25) is 14.6 Å². The first kappa shape index (κ1) is 22.5. The van der Waals surface area contributed by atoms with Gasteiger partial charge in [-0.1, -0.05) is 67.9 Å². The van der Waals surface area contributed by atoms with E-state index in [0.29, 0.717) is 35.8 Å². The fraction of sp³-hybridized carbons (Fsp3) is 0.370. The van der Waals surface area contributed by atoms with E-state index in [1.165, 1.54) is 0 Å². The number of ether oxygens (including phenoxy) is 1. The third kappa shape index (κ3) is 4.56. The zero-order chi connectivity index (χ0) is 22.8. The van der Waals surface area contributed by atoms with Crippen molar-refractivity contribution in [3.63, 3.8) is 0 Å². The van der Waals surface area contributed by atoms with Crippen molar-refractivity contribution in [2.24, 2.45) is 16.8 Å². The number of carbonyl (C=O) groups is 2. The van der Waals surface area contributed by atoms with Gasteiger partial charge in [0.2, 0.25) is 0 Å². The first-order valence-corrected chi connectivity index (χ1v) is 11.5. The maximum absolute atomic E-state index is 13.5. The first-order valence-electron chi connectivity index (χ1n) is 11.1. The van der Waals surface area contributed by atoms with E-state index in [2.05, 4.69) is 12.1 Å². The Morgan fingerprint density at radius 2 is 1.81 bits per heavy atom. The highest BCUT2D eigenvalue weighted by molar-refractivity contribution is 6.30. The molecule has 2 aliphatic rings. The zero-order valence-corrected chi connectivity index (χ0v) is 19.4. The Balaban J connectivity index is 1.77. The average Bonchev–Trinajstić information content (AvgIpc) is 2.77. The Hall–Kier alpha value is -2.72. The number of carbonyl (C=O) groups excluding carboxylic acids is 2. The highest BCUT2D eigenvalue weighted by Crippen LogP contribution is 2.47. The van der Waals surface area contributed by atoms with Crippen LogP contribution in [0.2, 0.25) is 5.02 Å². The molecule has 32 heavy (non-hydrogen) atoms. The summed E-state index contributed by atoms with van der Waals surface area (Å²) < 4.78 is 5.61. The van der Waals surface area contributed by atoms with Crippen LogP contribution in [0.25, 0.3) is 0 Å². The SMILES string of the molecule is CC1=NC2=C(C(=O)CC(c3ccccc3)C2)C(c2cccc(Cl)c2)C1C(=O)OCC(C)C. The number of hydrogen-bond acceptors (Lipinski definition) is 4. The second kappa shape index (κ2) is 9.41. The van der Waals surface area contributed by atoms with Gasteiger partial charge in [0.15, 0.2) is 5.78 Å². The predicted octanol–water partition coefficient (Wildman–Crippen LogP) is 6.11. The fourth-order valence-corrected chi connectivity index (χ4v) is 4.92. The summed E-state index contributed by atoms with van der Waals surface area (Å²) in [5, 5.41) is 0.574. The Kier molecular flexibility index (Phi) is 6.61. The van der Waals surface area contributed by atoms with Crippen LogP contribution in [0, 0.1) is 11.8 Å². The summed E-state index contributed by atoms with van der Waals surface area (Å²) in [4.78, 5) is 31.5. The van der Waals surface area contributed by atoms with E-state index >= 15 is 0 Å². The van der Waals surface area contributed by atoms with Crippen LogP contribution in [0.4, 0.5) is 0 Å². The molecule has 0 saturated carbocycles. The number of nitrogens with zero attached hydrogens (tertiary/aromatic N) is 1. The van der Waals surface area contributed by atoms with Crippen LogP contribution >= 0.6 is 11.6 Å². The Morgan fingerprint density at radius 1 is 1.09 bits per heavy atom. The van der Waals surface area contributed by atoms with Crippen LogP contribution in [-0.4, -0.2) is 24.1 Å². The van der Waals surface area contributed by atoms with Gasteiger partial charge in [-0.2, -0.15) is 0 Å². The minimum atomic E-state index is -0.636. The number of allylic oxidation sites excluding steroid dienone is 2. The number of benzene rings is 2. The van der Waals surface area contributed by atoms with E-state index in [9.17, 15) is 9.59 Å². The maximum Gasteiger partial charge on any atom is 0.315 e. The Morgan fingerprint density at radius 3 is 2.50 bits per heavy atom. The van der Waals surface area contributed by atoms with Gasteiger partial charge in [0.05, 0.1) is 6.61 Å². The summed E-state index contributed by atoms with van der Waals surface area (Å²) in [5.74, 6) is -1.06. The van der Waals surface area contributed by atoms with Gasteiger partial charge in [-0.25, -0.2) is 0 Å². The van der Waals surface area contributed by atoms with Gasteiger partial charge in [0.25, 0.3) is 0 Å². The number of rotatable bonds is 5. The smallest absolute Gasteiger partial charge is 0.315 e. The summed E-state index contributed by atoms with van der Waals surface area (Å²) >= 11 is 6.30. The van der Waals surface area contributed by atoms with Crippen LogP contribution < -0.4 is 0 Å². The number of halogens is 1. The maximum atomic E-state index is 13.5. The monoisotopic (exact) mass is 449 g/mol. The predicted molar refractivity (Wildman–Crippen MR) is 127 cm³/mol. The highest BCUT2D eigenvalue weighted by atomic mass is 35.5. The van der Waals surface area contributed by atoms with E-state index in [1.807, 2.05) is 57.2 Å². The van der Waals surface area contributed by atoms with Crippen molar-refractivity contribution < 1.29 is 14.3 Å². The molecule has 0 spiro atoms. The molecule has 3 atom stereocenters. The molecular weight excluding hydrogens is 422 g/mol. The average molecular weight is 450 g/mol. The lowest BCUT2D eigenvalue weighted by atomic mass is 9.69. The second-order valence-corrected chi connectivity index (χ2v) is 9.52. The molecule has 4 nitrogen and oxygen atoms in total. The fourth-order valence-electron chi connectivity index (χ4n) is 4.72. The van der Waals surface area contributed by atoms with E-state index in [4.69, 9.17) is 21.3 Å². The summed E-state index contributed by atoms with van der Waals surface area (Å²) in [6.45, 7) is 6.19. The van der Waals surface area contributed by atoms with Gasteiger partial charge < -0.3 is 4.74 Å². The summed E-state index contributed by atoms with van der Waals surface area (Å²) in [6.07, 6.45) is 1.08. The molecule has 2 aromatic rings. The topological polar surface area (TPSA) is 55.7 Å². The lowest BCUT2D eigenvalue weighted by molar-refractivity contribution is -0.147. The number of Topliss-reactive ketones (excluding diaryl/α,β-unsaturated/α-hetero) is 1. The van der Waals surface area contributed by atoms with Gasteiger partial charge in [0.1, 0.15) is 5.92 Å². The lowest BCUT2D eigenvalue weighted by Gasteiger charge is -2.36. The second-order valence-electron chi connectivity index (χ2n) is 9.09. The molecule has 0 fully saturated rings. The minimum Gasteiger partial charge on any atom is -0.465 e. The van der Waals surface area contributed by atoms with Gasteiger partial charge in [0, 0.05) is 34.3 Å². The molecule has 1 aliphatic heterocycles.